The summed E-state index contributed by atoms with van der Waals surface area (Å²) in [5, 5.41) is 3.10. The number of carbonyl (C=O) groups excluding carboxylic acids is 1. The Morgan fingerprint density at radius 3 is 2.50 bits per heavy atom. The third kappa shape index (κ3) is 4.18. The Morgan fingerprint density at radius 1 is 1.07 bits per heavy atom. The first-order valence-electron chi connectivity index (χ1n) is 10.0. The highest BCUT2D eigenvalue weighted by Gasteiger charge is 2.25. The van der Waals surface area contributed by atoms with Crippen LogP contribution < -0.4 is 15.0 Å². The number of piperidine rings is 1. The second kappa shape index (κ2) is 8.46. The van der Waals surface area contributed by atoms with Crippen molar-refractivity contribution in [2.45, 2.75) is 38.7 Å². The molecule has 1 aromatic carbocycles. The van der Waals surface area contributed by atoms with Crippen LogP contribution in [-0.4, -0.2) is 53.2 Å². The van der Waals surface area contributed by atoms with E-state index in [2.05, 4.69) is 33.2 Å². The van der Waals surface area contributed by atoms with Crippen LogP contribution in [0.2, 0.25) is 0 Å². The molecule has 7 nitrogen and oxygen atoms in total. The van der Waals surface area contributed by atoms with Crippen molar-refractivity contribution in [2.75, 3.05) is 36.4 Å². The van der Waals surface area contributed by atoms with Gasteiger partial charge in [-0.2, -0.15) is 0 Å². The van der Waals surface area contributed by atoms with Crippen LogP contribution in [0.15, 0.2) is 36.7 Å². The number of nitrogens with zero attached hydrogens (tertiary/aromatic N) is 4. The zero-order chi connectivity index (χ0) is 19.3. The second-order valence-electron chi connectivity index (χ2n) is 7.41. The number of benzene rings is 1. The van der Waals surface area contributed by atoms with Crippen LogP contribution in [0, 0.1) is 6.92 Å². The number of anilines is 2. The number of ether oxygens (including phenoxy) is 1. The average molecular weight is 381 g/mol. The van der Waals surface area contributed by atoms with Crippen LogP contribution in [-0.2, 0) is 0 Å². The molecule has 0 bridgehead atoms. The van der Waals surface area contributed by atoms with Crippen LogP contribution in [0.4, 0.5) is 16.2 Å². The fraction of sp³-hybridized carbons (Fsp3) is 0.476. The molecule has 2 amide bonds. The summed E-state index contributed by atoms with van der Waals surface area (Å²) in [6.07, 6.45) is 7.42. The molecule has 148 valence electrons. The van der Waals surface area contributed by atoms with Gasteiger partial charge in [-0.15, -0.1) is 0 Å². The number of aromatic nitrogens is 2. The first-order chi connectivity index (χ1) is 13.7. The summed E-state index contributed by atoms with van der Waals surface area (Å²) in [6, 6.07) is 8.27. The minimum Gasteiger partial charge on any atom is -0.460 e. The minimum atomic E-state index is -0.0453. The molecule has 1 aromatic heterocycles. The van der Waals surface area contributed by atoms with Crippen LogP contribution in [0.5, 0.6) is 6.01 Å². The van der Waals surface area contributed by atoms with E-state index in [1.165, 1.54) is 18.5 Å². The van der Waals surface area contributed by atoms with Gasteiger partial charge >= 0.3 is 12.0 Å². The Morgan fingerprint density at radius 2 is 1.79 bits per heavy atom. The molecule has 0 radical (unpaired) electrons. The molecular formula is C21H27N5O2. The van der Waals surface area contributed by atoms with Crippen LogP contribution >= 0.6 is 0 Å². The number of urea groups is 1. The summed E-state index contributed by atoms with van der Waals surface area (Å²) < 4.78 is 5.81. The molecule has 2 aromatic rings. The standard InChI is InChI=1S/C21H27N5O2/c1-16-18(6-4-7-19(16)25-12-2-3-13-25)24-21(27)26-14-8-17(9-15-26)28-20-22-10-5-11-23-20/h4-7,10-11,17H,2-3,8-9,12-15H2,1H3,(H,24,27). The van der Waals surface area contributed by atoms with Gasteiger partial charge in [-0.05, 0) is 43.5 Å². The Hall–Kier alpha value is -2.83. The Bertz CT molecular complexity index is 800. The van der Waals surface area contributed by atoms with Crippen molar-refractivity contribution in [3.8, 4) is 6.01 Å². The van der Waals surface area contributed by atoms with Crippen molar-refractivity contribution < 1.29 is 9.53 Å². The first-order valence-corrected chi connectivity index (χ1v) is 10.0. The fourth-order valence-corrected chi connectivity index (χ4v) is 3.93. The van der Waals surface area contributed by atoms with E-state index in [0.29, 0.717) is 19.1 Å². The molecular weight excluding hydrogens is 354 g/mol. The van der Waals surface area contributed by atoms with Crippen LogP contribution in [0.1, 0.15) is 31.2 Å². The molecule has 3 heterocycles. The topological polar surface area (TPSA) is 70.6 Å². The van der Waals surface area contributed by atoms with Gasteiger partial charge in [-0.25, -0.2) is 14.8 Å². The highest BCUT2D eigenvalue weighted by molar-refractivity contribution is 5.91. The molecule has 0 spiro atoms. The molecule has 2 fully saturated rings. The van der Waals surface area contributed by atoms with E-state index in [4.69, 9.17) is 4.74 Å². The van der Waals surface area contributed by atoms with Gasteiger partial charge in [-0.1, -0.05) is 6.07 Å². The summed E-state index contributed by atoms with van der Waals surface area (Å²) in [7, 11) is 0. The summed E-state index contributed by atoms with van der Waals surface area (Å²) in [5.41, 5.74) is 3.26. The number of rotatable bonds is 4. The average Bonchev–Trinajstić information content (AvgIpc) is 3.25. The van der Waals surface area contributed by atoms with Crippen molar-refractivity contribution in [3.63, 3.8) is 0 Å². The molecule has 0 unspecified atom stereocenters. The van der Waals surface area contributed by atoms with Gasteiger partial charge < -0.3 is 19.9 Å². The molecule has 1 N–H and O–H groups in total. The monoisotopic (exact) mass is 381 g/mol. The third-order valence-electron chi connectivity index (χ3n) is 5.54. The number of nitrogens with one attached hydrogen (secondary N) is 1. The smallest absolute Gasteiger partial charge is 0.321 e. The van der Waals surface area contributed by atoms with Gasteiger partial charge in [0, 0.05) is 62.8 Å². The lowest BCUT2D eigenvalue weighted by Gasteiger charge is -2.32. The number of likely N-dealkylation sites (tertiary alicyclic amines) is 1. The van der Waals surface area contributed by atoms with Crippen molar-refractivity contribution in [3.05, 3.63) is 42.2 Å². The third-order valence-corrected chi connectivity index (χ3v) is 5.54. The van der Waals surface area contributed by atoms with Gasteiger partial charge in [0.25, 0.3) is 0 Å². The van der Waals surface area contributed by atoms with Crippen LogP contribution in [0.3, 0.4) is 0 Å². The summed E-state index contributed by atoms with van der Waals surface area (Å²) in [5.74, 6) is 0. The van der Waals surface area contributed by atoms with E-state index < -0.39 is 0 Å². The molecule has 2 saturated heterocycles. The predicted octanol–water partition coefficient (Wildman–Crippen LogP) is 3.46. The Kier molecular flexibility index (Phi) is 5.60. The van der Waals surface area contributed by atoms with Crippen molar-refractivity contribution >= 4 is 17.4 Å². The number of hydrogen-bond acceptors (Lipinski definition) is 5. The molecule has 2 aliphatic rings. The normalized spacial score (nSPS) is 17.6. The number of carbonyl (C=O) groups is 1. The quantitative estimate of drug-likeness (QED) is 0.878. The van der Waals surface area contributed by atoms with Gasteiger partial charge in [0.15, 0.2) is 0 Å². The maximum absolute atomic E-state index is 12.8. The number of hydrogen-bond donors (Lipinski definition) is 1. The SMILES string of the molecule is Cc1c(NC(=O)N2CCC(Oc3ncccn3)CC2)cccc1N1CCCC1. The van der Waals surface area contributed by atoms with E-state index in [-0.39, 0.29) is 12.1 Å². The second-order valence-corrected chi connectivity index (χ2v) is 7.41. The lowest BCUT2D eigenvalue weighted by atomic mass is 10.1. The maximum Gasteiger partial charge on any atom is 0.321 e. The molecule has 0 aliphatic carbocycles. The van der Waals surface area contributed by atoms with Crippen molar-refractivity contribution in [1.29, 1.82) is 0 Å². The zero-order valence-corrected chi connectivity index (χ0v) is 16.3. The zero-order valence-electron chi connectivity index (χ0n) is 16.3. The Labute approximate surface area is 165 Å². The molecule has 4 rings (SSSR count). The van der Waals surface area contributed by atoms with Gasteiger partial charge in [0.1, 0.15) is 6.10 Å². The van der Waals surface area contributed by atoms with E-state index >= 15 is 0 Å². The van der Waals surface area contributed by atoms with Gasteiger partial charge in [0.05, 0.1) is 0 Å². The van der Waals surface area contributed by atoms with E-state index in [0.717, 1.165) is 37.2 Å². The lowest BCUT2D eigenvalue weighted by molar-refractivity contribution is 0.107. The first kappa shape index (κ1) is 18.5. The minimum absolute atomic E-state index is 0.0453. The molecule has 0 atom stereocenters. The summed E-state index contributed by atoms with van der Waals surface area (Å²) in [6.45, 7) is 5.60. The van der Waals surface area contributed by atoms with Crippen LogP contribution in [0.25, 0.3) is 0 Å². The highest BCUT2D eigenvalue weighted by atomic mass is 16.5. The predicted molar refractivity (Wildman–Crippen MR) is 109 cm³/mol. The molecule has 2 aliphatic heterocycles. The van der Waals surface area contributed by atoms with Gasteiger partial charge in [0.2, 0.25) is 0 Å². The summed E-state index contributed by atoms with van der Waals surface area (Å²) >= 11 is 0. The largest absolute Gasteiger partial charge is 0.460 e. The Balaban J connectivity index is 1.33. The maximum atomic E-state index is 12.8. The van der Waals surface area contributed by atoms with Crippen molar-refractivity contribution in [1.82, 2.24) is 14.9 Å². The molecule has 28 heavy (non-hydrogen) atoms. The number of amides is 2. The lowest BCUT2D eigenvalue weighted by Crippen LogP contribution is -2.44. The van der Waals surface area contributed by atoms with Crippen molar-refractivity contribution in [2.24, 2.45) is 0 Å². The fourth-order valence-electron chi connectivity index (χ4n) is 3.93. The van der Waals surface area contributed by atoms with E-state index in [1.54, 1.807) is 18.5 Å². The highest BCUT2D eigenvalue weighted by Crippen LogP contribution is 2.29. The van der Waals surface area contributed by atoms with Gasteiger partial charge in [-0.3, -0.25) is 0 Å². The van der Waals surface area contributed by atoms with E-state index in [1.807, 2.05) is 17.0 Å². The summed E-state index contributed by atoms with van der Waals surface area (Å²) in [4.78, 5) is 25.2. The van der Waals surface area contributed by atoms with E-state index in [9.17, 15) is 4.79 Å². The molecule has 7 heteroatoms. The molecule has 0 saturated carbocycles.